The Kier molecular flexibility index (Phi) is 8.19. The predicted octanol–water partition coefficient (Wildman–Crippen LogP) is 15.6. The summed E-state index contributed by atoms with van der Waals surface area (Å²) >= 11 is 0. The van der Waals surface area contributed by atoms with Crippen molar-refractivity contribution >= 4 is 60.4 Å². The third-order valence-corrected chi connectivity index (χ3v) is 11.5. The molecule has 0 saturated heterocycles. The topological polar surface area (TPSA) is 8.17 Å². The van der Waals surface area contributed by atoms with E-state index in [2.05, 4.69) is 240 Å². The molecule has 2 heteroatoms. The summed E-state index contributed by atoms with van der Waals surface area (Å²) in [6.07, 6.45) is 0. The first-order valence-electron chi connectivity index (χ1n) is 19.9. The second kappa shape index (κ2) is 14.1. The van der Waals surface area contributed by atoms with E-state index in [9.17, 15) is 0 Å². The van der Waals surface area contributed by atoms with Crippen molar-refractivity contribution in [2.24, 2.45) is 0 Å². The van der Waals surface area contributed by atoms with Crippen LogP contribution < -0.4 is 4.90 Å². The van der Waals surface area contributed by atoms with Crippen LogP contribution in [0, 0.1) is 0 Å². The van der Waals surface area contributed by atoms with Crippen LogP contribution in [0.1, 0.15) is 0 Å². The smallest absolute Gasteiger partial charge is 0.0547 e. The summed E-state index contributed by atoms with van der Waals surface area (Å²) < 4.78 is 2.39. The first-order chi connectivity index (χ1) is 28.8. The first-order valence-corrected chi connectivity index (χ1v) is 19.9. The average molecular weight is 739 g/mol. The van der Waals surface area contributed by atoms with Gasteiger partial charge in [-0.25, -0.2) is 0 Å². The SMILES string of the molecule is c1ccc(-n2c3ccccc3c3c(-c4cccc(-c5cccc(N(c6ccc(-c7cccc8ccccc78)cc6)c6ccc7ccccc7c6)c5)c4)cccc32)cc1. The molecular weight excluding hydrogens is 701 g/mol. The van der Waals surface area contributed by atoms with Gasteiger partial charge >= 0.3 is 0 Å². The molecule has 1 heterocycles. The Morgan fingerprint density at radius 3 is 1.74 bits per heavy atom. The molecule has 11 rings (SSSR count). The van der Waals surface area contributed by atoms with Gasteiger partial charge in [0.1, 0.15) is 0 Å². The van der Waals surface area contributed by atoms with Crippen LogP contribution in [0.4, 0.5) is 17.1 Å². The zero-order valence-corrected chi connectivity index (χ0v) is 31.8. The van der Waals surface area contributed by atoms with Gasteiger partial charge in [0.05, 0.1) is 11.0 Å². The predicted molar refractivity (Wildman–Crippen MR) is 247 cm³/mol. The maximum atomic E-state index is 2.39. The molecule has 2 nitrogen and oxygen atoms in total. The van der Waals surface area contributed by atoms with Gasteiger partial charge in [0.2, 0.25) is 0 Å². The lowest BCUT2D eigenvalue weighted by Crippen LogP contribution is -2.10. The van der Waals surface area contributed by atoms with Crippen LogP contribution in [0.25, 0.3) is 82.4 Å². The number of hydrogen-bond acceptors (Lipinski definition) is 1. The van der Waals surface area contributed by atoms with E-state index in [0.29, 0.717) is 0 Å². The van der Waals surface area contributed by atoms with E-state index < -0.39 is 0 Å². The van der Waals surface area contributed by atoms with Crippen LogP contribution in [0.3, 0.4) is 0 Å². The lowest BCUT2D eigenvalue weighted by atomic mass is 9.95. The number of fused-ring (bicyclic) bond motifs is 5. The van der Waals surface area contributed by atoms with Gasteiger partial charge in [-0.05, 0) is 122 Å². The second-order valence-electron chi connectivity index (χ2n) is 15.0. The molecule has 1 aromatic heterocycles. The number of nitrogens with zero attached hydrogens (tertiary/aromatic N) is 2. The summed E-state index contributed by atoms with van der Waals surface area (Å²) in [4.78, 5) is 2.38. The quantitative estimate of drug-likeness (QED) is 0.158. The molecule has 0 aliphatic heterocycles. The van der Waals surface area contributed by atoms with E-state index >= 15 is 0 Å². The molecule has 0 fully saturated rings. The monoisotopic (exact) mass is 738 g/mol. The first kappa shape index (κ1) is 33.6. The Hall–Kier alpha value is -7.68. The lowest BCUT2D eigenvalue weighted by molar-refractivity contribution is 1.18. The highest BCUT2D eigenvalue weighted by Gasteiger charge is 2.18. The zero-order valence-electron chi connectivity index (χ0n) is 31.8. The standard InChI is InChI=1S/C56H38N2/c1-2-21-46(22-3-1)58-54-28-9-8-25-53(54)56-52(27-13-29-55(56)58)45-20-10-18-42(36-45)44-19-11-23-48(38-44)57(49-35-30-39-14-4-5-16-43(39)37-49)47-33-31-41(32-34-47)51-26-12-17-40-15-6-7-24-50(40)51/h1-38H. The van der Waals surface area contributed by atoms with E-state index in [1.54, 1.807) is 0 Å². The molecule has 58 heavy (non-hydrogen) atoms. The fourth-order valence-electron chi connectivity index (χ4n) is 8.84. The van der Waals surface area contributed by atoms with Crippen LogP contribution in [-0.4, -0.2) is 4.57 Å². The van der Waals surface area contributed by atoms with Gasteiger partial charge in [0.25, 0.3) is 0 Å². The van der Waals surface area contributed by atoms with Crippen LogP contribution in [0.2, 0.25) is 0 Å². The Morgan fingerprint density at radius 1 is 0.293 bits per heavy atom. The van der Waals surface area contributed by atoms with Gasteiger partial charge in [-0.2, -0.15) is 0 Å². The number of anilines is 3. The molecule has 0 atom stereocenters. The summed E-state index contributed by atoms with van der Waals surface area (Å²) in [5.74, 6) is 0. The van der Waals surface area contributed by atoms with Crippen molar-refractivity contribution < 1.29 is 0 Å². The highest BCUT2D eigenvalue weighted by molar-refractivity contribution is 6.16. The molecule has 0 spiro atoms. The van der Waals surface area contributed by atoms with Crippen molar-refractivity contribution in [2.45, 2.75) is 0 Å². The summed E-state index contributed by atoms with van der Waals surface area (Å²) in [7, 11) is 0. The Balaban J connectivity index is 1.02. The fourth-order valence-corrected chi connectivity index (χ4v) is 8.84. The number of para-hydroxylation sites is 2. The van der Waals surface area contributed by atoms with Crippen molar-refractivity contribution in [3.8, 4) is 39.1 Å². The van der Waals surface area contributed by atoms with Crippen LogP contribution in [-0.2, 0) is 0 Å². The van der Waals surface area contributed by atoms with Gasteiger partial charge in [-0.1, -0.05) is 164 Å². The molecule has 11 aromatic rings. The molecule has 0 bridgehead atoms. The van der Waals surface area contributed by atoms with Crippen molar-refractivity contribution in [3.63, 3.8) is 0 Å². The van der Waals surface area contributed by atoms with E-state index in [0.717, 1.165) is 28.3 Å². The summed E-state index contributed by atoms with van der Waals surface area (Å²) in [6.45, 7) is 0. The maximum Gasteiger partial charge on any atom is 0.0547 e. The van der Waals surface area contributed by atoms with Crippen molar-refractivity contribution in [1.82, 2.24) is 4.57 Å². The second-order valence-corrected chi connectivity index (χ2v) is 15.0. The van der Waals surface area contributed by atoms with Gasteiger partial charge in [-0.15, -0.1) is 0 Å². The molecular formula is C56H38N2. The normalized spacial score (nSPS) is 11.4. The third kappa shape index (κ3) is 5.82. The molecule has 0 aliphatic carbocycles. The molecule has 0 saturated carbocycles. The lowest BCUT2D eigenvalue weighted by Gasteiger charge is -2.26. The maximum absolute atomic E-state index is 2.39. The van der Waals surface area contributed by atoms with Gasteiger partial charge in [-0.3, -0.25) is 0 Å². The van der Waals surface area contributed by atoms with E-state index in [1.165, 1.54) is 71.2 Å². The Labute approximate surface area is 338 Å². The van der Waals surface area contributed by atoms with E-state index in [1.807, 2.05) is 0 Å². The average Bonchev–Trinajstić information content (AvgIpc) is 3.64. The van der Waals surface area contributed by atoms with Crippen LogP contribution in [0.5, 0.6) is 0 Å². The molecule has 0 aliphatic rings. The number of hydrogen-bond donors (Lipinski definition) is 0. The number of benzene rings is 10. The van der Waals surface area contributed by atoms with Crippen molar-refractivity contribution in [3.05, 3.63) is 231 Å². The summed E-state index contributed by atoms with van der Waals surface area (Å²) in [5.41, 5.74) is 14.1. The highest BCUT2D eigenvalue weighted by atomic mass is 15.1. The summed E-state index contributed by atoms with van der Waals surface area (Å²) in [5, 5.41) is 7.47. The van der Waals surface area contributed by atoms with E-state index in [4.69, 9.17) is 0 Å². The zero-order chi connectivity index (χ0) is 38.4. The van der Waals surface area contributed by atoms with Gasteiger partial charge < -0.3 is 9.47 Å². The van der Waals surface area contributed by atoms with Gasteiger partial charge in [0, 0.05) is 33.5 Å². The van der Waals surface area contributed by atoms with Gasteiger partial charge in [0.15, 0.2) is 0 Å². The third-order valence-electron chi connectivity index (χ3n) is 11.5. The van der Waals surface area contributed by atoms with Crippen LogP contribution >= 0.6 is 0 Å². The van der Waals surface area contributed by atoms with Crippen molar-refractivity contribution in [1.29, 1.82) is 0 Å². The van der Waals surface area contributed by atoms with Crippen molar-refractivity contribution in [2.75, 3.05) is 4.90 Å². The molecule has 0 N–H and O–H groups in total. The molecule has 0 amide bonds. The minimum absolute atomic E-state index is 1.10. The number of aromatic nitrogens is 1. The fraction of sp³-hybridized carbons (Fsp3) is 0. The largest absolute Gasteiger partial charge is 0.310 e. The Morgan fingerprint density at radius 2 is 0.879 bits per heavy atom. The Bertz CT molecular complexity index is 3280. The molecule has 0 radical (unpaired) electrons. The minimum atomic E-state index is 1.10. The van der Waals surface area contributed by atoms with E-state index in [-0.39, 0.29) is 0 Å². The minimum Gasteiger partial charge on any atom is -0.310 e. The van der Waals surface area contributed by atoms with Crippen LogP contribution in [0.15, 0.2) is 231 Å². The molecule has 0 unspecified atom stereocenters. The highest BCUT2D eigenvalue weighted by Crippen LogP contribution is 2.42. The number of rotatable bonds is 7. The summed E-state index contributed by atoms with van der Waals surface area (Å²) in [6, 6.07) is 83.7. The molecule has 10 aromatic carbocycles. The molecule has 272 valence electrons.